The molecule has 23 heavy (non-hydrogen) atoms. The zero-order chi connectivity index (χ0) is 17.1. The molecule has 1 N–H and O–H groups in total. The fraction of sp³-hybridized carbons (Fsp3) is 0.188. The number of ketones is 2. The third kappa shape index (κ3) is 2.94. The smallest absolute Gasteiger partial charge is 0.249 e. The van der Waals surface area contributed by atoms with Gasteiger partial charge in [-0.1, -0.05) is 0 Å². The van der Waals surface area contributed by atoms with Crippen molar-refractivity contribution >= 4 is 34.1 Å². The van der Waals surface area contributed by atoms with E-state index in [4.69, 9.17) is 14.9 Å². The van der Waals surface area contributed by atoms with E-state index in [0.29, 0.717) is 16.5 Å². The number of fused-ring (bicyclic) bond motifs is 1. The second-order valence-electron chi connectivity index (χ2n) is 4.85. The molecule has 0 saturated heterocycles. The van der Waals surface area contributed by atoms with E-state index < -0.39 is 23.4 Å². The van der Waals surface area contributed by atoms with Gasteiger partial charge in [-0.2, -0.15) is 10.5 Å². The highest BCUT2D eigenvalue weighted by molar-refractivity contribution is 6.15. The van der Waals surface area contributed by atoms with Crippen LogP contribution in [-0.2, 0) is 9.59 Å². The van der Waals surface area contributed by atoms with Crippen molar-refractivity contribution in [1.82, 2.24) is 0 Å². The molecule has 7 heteroatoms. The SMILES string of the molecule is CC(=O)c1oc2ccc(C#N)cc2c1NC(=O)C(C#N)C(C)=O. The van der Waals surface area contributed by atoms with Gasteiger partial charge in [0.25, 0.3) is 0 Å². The molecule has 0 aliphatic rings. The minimum Gasteiger partial charge on any atom is -0.451 e. The topological polar surface area (TPSA) is 124 Å². The number of anilines is 1. The summed E-state index contributed by atoms with van der Waals surface area (Å²) >= 11 is 0. The van der Waals surface area contributed by atoms with E-state index in [1.165, 1.54) is 25.1 Å². The summed E-state index contributed by atoms with van der Waals surface area (Å²) < 4.78 is 5.39. The molecule has 2 aromatic rings. The van der Waals surface area contributed by atoms with Crippen molar-refractivity contribution in [2.45, 2.75) is 13.8 Å². The Morgan fingerprint density at radius 1 is 1.22 bits per heavy atom. The maximum atomic E-state index is 12.1. The maximum absolute atomic E-state index is 12.1. The van der Waals surface area contributed by atoms with Crippen molar-refractivity contribution in [3.05, 3.63) is 29.5 Å². The number of amides is 1. The number of hydrogen-bond acceptors (Lipinski definition) is 6. The number of carbonyl (C=O) groups excluding carboxylic acids is 3. The first-order chi connectivity index (χ1) is 10.9. The number of rotatable bonds is 4. The number of nitrogens with zero attached hydrogens (tertiary/aromatic N) is 2. The predicted molar refractivity (Wildman–Crippen MR) is 79.3 cm³/mol. The normalized spacial score (nSPS) is 11.3. The Kier molecular flexibility index (Phi) is 4.24. The van der Waals surface area contributed by atoms with Crippen molar-refractivity contribution in [3.8, 4) is 12.1 Å². The molecule has 2 rings (SSSR count). The molecule has 0 aliphatic carbocycles. The molecule has 1 aromatic heterocycles. The summed E-state index contributed by atoms with van der Waals surface area (Å²) in [6.45, 7) is 2.38. The number of hydrogen-bond donors (Lipinski definition) is 1. The molecule has 0 fully saturated rings. The highest BCUT2D eigenvalue weighted by atomic mass is 16.3. The van der Waals surface area contributed by atoms with E-state index in [1.807, 2.05) is 6.07 Å². The van der Waals surface area contributed by atoms with Gasteiger partial charge in [-0.05, 0) is 25.1 Å². The van der Waals surface area contributed by atoms with E-state index in [-0.39, 0.29) is 11.4 Å². The molecule has 114 valence electrons. The predicted octanol–water partition coefficient (Wildman–Crippen LogP) is 2.17. The lowest BCUT2D eigenvalue weighted by Gasteiger charge is -2.07. The first kappa shape index (κ1) is 15.9. The van der Waals surface area contributed by atoms with Crippen LogP contribution in [0.2, 0.25) is 0 Å². The molecule has 0 radical (unpaired) electrons. The number of benzene rings is 1. The molecule has 1 heterocycles. The summed E-state index contributed by atoms with van der Waals surface area (Å²) in [5.74, 6) is -3.50. The largest absolute Gasteiger partial charge is 0.451 e. The molecular weight excluding hydrogens is 298 g/mol. The lowest BCUT2D eigenvalue weighted by molar-refractivity contribution is -0.127. The van der Waals surface area contributed by atoms with Gasteiger partial charge in [0.05, 0.1) is 23.4 Å². The van der Waals surface area contributed by atoms with Crippen LogP contribution >= 0.6 is 0 Å². The van der Waals surface area contributed by atoms with Gasteiger partial charge in [-0.25, -0.2) is 0 Å². The van der Waals surface area contributed by atoms with Crippen molar-refractivity contribution in [2.75, 3.05) is 5.32 Å². The quantitative estimate of drug-likeness (QED) is 0.681. The van der Waals surface area contributed by atoms with Crippen LogP contribution in [0, 0.1) is 28.6 Å². The lowest BCUT2D eigenvalue weighted by atomic mass is 10.1. The van der Waals surface area contributed by atoms with Crippen molar-refractivity contribution in [1.29, 1.82) is 10.5 Å². The Hall–Kier alpha value is -3.45. The molecule has 1 amide bonds. The standard InChI is InChI=1S/C16H11N3O4/c1-8(20)12(7-18)16(22)19-14-11-5-10(6-17)3-4-13(11)23-15(14)9(2)21/h3-5,12H,1-2H3,(H,19,22). The number of Topliss-reactive ketones (excluding diaryl/α,β-unsaturated/α-hetero) is 2. The summed E-state index contributed by atoms with van der Waals surface area (Å²) in [5, 5.41) is 20.6. The Labute approximate surface area is 131 Å². The van der Waals surface area contributed by atoms with Crippen LogP contribution in [0.15, 0.2) is 22.6 Å². The minimum atomic E-state index is -1.49. The van der Waals surface area contributed by atoms with Crippen LogP contribution in [0.3, 0.4) is 0 Å². The van der Waals surface area contributed by atoms with Crippen LogP contribution in [0.25, 0.3) is 11.0 Å². The monoisotopic (exact) mass is 309 g/mol. The minimum absolute atomic E-state index is 0.0519. The lowest BCUT2D eigenvalue weighted by Crippen LogP contribution is -2.27. The maximum Gasteiger partial charge on any atom is 0.249 e. The fourth-order valence-electron chi connectivity index (χ4n) is 2.07. The molecule has 0 spiro atoms. The Morgan fingerprint density at radius 2 is 1.91 bits per heavy atom. The summed E-state index contributed by atoms with van der Waals surface area (Å²) in [5.41, 5.74) is 0.671. The molecular formula is C16H11N3O4. The number of nitrogens with one attached hydrogen (secondary N) is 1. The van der Waals surface area contributed by atoms with Gasteiger partial charge >= 0.3 is 0 Å². The van der Waals surface area contributed by atoms with Gasteiger partial charge in [-0.3, -0.25) is 14.4 Å². The van der Waals surface area contributed by atoms with E-state index in [0.717, 1.165) is 6.92 Å². The Morgan fingerprint density at radius 3 is 2.43 bits per heavy atom. The molecule has 0 saturated carbocycles. The van der Waals surface area contributed by atoms with E-state index in [9.17, 15) is 14.4 Å². The van der Waals surface area contributed by atoms with Gasteiger partial charge in [0.15, 0.2) is 23.2 Å². The molecule has 7 nitrogen and oxygen atoms in total. The number of furan rings is 1. The summed E-state index contributed by atoms with van der Waals surface area (Å²) in [4.78, 5) is 35.1. The first-order valence-electron chi connectivity index (χ1n) is 6.57. The third-order valence-corrected chi connectivity index (χ3v) is 3.18. The average molecular weight is 309 g/mol. The van der Waals surface area contributed by atoms with E-state index in [1.54, 1.807) is 6.07 Å². The third-order valence-electron chi connectivity index (χ3n) is 3.18. The molecule has 1 atom stereocenters. The van der Waals surface area contributed by atoms with Crippen LogP contribution in [0.4, 0.5) is 5.69 Å². The molecule has 1 unspecified atom stereocenters. The zero-order valence-corrected chi connectivity index (χ0v) is 12.3. The van der Waals surface area contributed by atoms with Gasteiger partial charge in [0.1, 0.15) is 5.58 Å². The Balaban J connectivity index is 2.58. The van der Waals surface area contributed by atoms with Crippen molar-refractivity contribution < 1.29 is 18.8 Å². The molecule has 0 bridgehead atoms. The van der Waals surface area contributed by atoms with Crippen LogP contribution in [0.5, 0.6) is 0 Å². The summed E-state index contributed by atoms with van der Waals surface area (Å²) in [6, 6.07) is 8.01. The van der Waals surface area contributed by atoms with Crippen LogP contribution < -0.4 is 5.32 Å². The van der Waals surface area contributed by atoms with Crippen molar-refractivity contribution in [3.63, 3.8) is 0 Å². The number of carbonyl (C=O) groups is 3. The van der Waals surface area contributed by atoms with Crippen molar-refractivity contribution in [2.24, 2.45) is 5.92 Å². The summed E-state index contributed by atoms with van der Waals surface area (Å²) in [7, 11) is 0. The molecule has 1 aromatic carbocycles. The fourth-order valence-corrected chi connectivity index (χ4v) is 2.07. The second-order valence-corrected chi connectivity index (χ2v) is 4.85. The second kappa shape index (κ2) is 6.12. The highest BCUT2D eigenvalue weighted by Gasteiger charge is 2.27. The Bertz CT molecular complexity index is 912. The van der Waals surface area contributed by atoms with E-state index >= 15 is 0 Å². The highest BCUT2D eigenvalue weighted by Crippen LogP contribution is 2.32. The zero-order valence-electron chi connectivity index (χ0n) is 12.3. The number of nitriles is 2. The first-order valence-corrected chi connectivity index (χ1v) is 6.57. The van der Waals surface area contributed by atoms with Gasteiger partial charge < -0.3 is 9.73 Å². The van der Waals surface area contributed by atoms with Crippen LogP contribution in [0.1, 0.15) is 30.0 Å². The molecule has 0 aliphatic heterocycles. The summed E-state index contributed by atoms with van der Waals surface area (Å²) in [6.07, 6.45) is 0. The van der Waals surface area contributed by atoms with E-state index in [2.05, 4.69) is 5.32 Å². The van der Waals surface area contributed by atoms with Gasteiger partial charge in [0.2, 0.25) is 5.91 Å². The average Bonchev–Trinajstić information content (AvgIpc) is 2.85. The van der Waals surface area contributed by atoms with Gasteiger partial charge in [-0.15, -0.1) is 0 Å². The van der Waals surface area contributed by atoms with Gasteiger partial charge in [0, 0.05) is 12.3 Å². The van der Waals surface area contributed by atoms with Crippen LogP contribution in [-0.4, -0.2) is 17.5 Å².